The molecule has 6 rings (SSSR count). The number of benzene rings is 2. The van der Waals surface area contributed by atoms with E-state index in [4.69, 9.17) is 4.74 Å². The minimum Gasteiger partial charge on any atom is -0.481 e. The molecular formula is C31H32F6N2O4S. The zero-order valence-corrected chi connectivity index (χ0v) is 24.4. The van der Waals surface area contributed by atoms with Gasteiger partial charge in [0.25, 0.3) is 0 Å². The molecule has 1 aliphatic heterocycles. The van der Waals surface area contributed by atoms with Crippen LogP contribution in [0.25, 0.3) is 6.08 Å². The Balaban J connectivity index is 1.39. The fraction of sp³-hybridized carbons (Fsp3) is 0.484. The number of carbonyl (C=O) groups excluding carboxylic acids is 1. The van der Waals surface area contributed by atoms with Crippen LogP contribution < -0.4 is 10.6 Å². The Labute approximate surface area is 254 Å². The maximum Gasteiger partial charge on any atom is 0.418 e. The van der Waals surface area contributed by atoms with Crippen molar-refractivity contribution in [2.45, 2.75) is 85.1 Å². The molecule has 4 fully saturated rings. The summed E-state index contributed by atoms with van der Waals surface area (Å²) in [4.78, 5) is 24.2. The van der Waals surface area contributed by atoms with Gasteiger partial charge in [-0.15, -0.1) is 0 Å². The van der Waals surface area contributed by atoms with Crippen molar-refractivity contribution in [1.82, 2.24) is 5.32 Å². The lowest BCUT2D eigenvalue weighted by Gasteiger charge is -2.51. The van der Waals surface area contributed by atoms with E-state index in [1.54, 1.807) is 18.2 Å². The van der Waals surface area contributed by atoms with Gasteiger partial charge >= 0.3 is 18.3 Å². The van der Waals surface area contributed by atoms with Crippen LogP contribution in [0.2, 0.25) is 0 Å². The summed E-state index contributed by atoms with van der Waals surface area (Å²) < 4.78 is 91.2. The van der Waals surface area contributed by atoms with E-state index in [-0.39, 0.29) is 6.04 Å². The number of halogens is 6. The predicted octanol–water partition coefficient (Wildman–Crippen LogP) is 7.77. The molecule has 3 aliphatic carbocycles. The van der Waals surface area contributed by atoms with Crippen LogP contribution in [-0.4, -0.2) is 41.8 Å². The van der Waals surface area contributed by atoms with Crippen molar-refractivity contribution in [2.24, 2.45) is 5.41 Å². The maximum absolute atomic E-state index is 14.3. The highest BCUT2D eigenvalue weighted by molar-refractivity contribution is 7.99. The molecule has 3 N–H and O–H groups in total. The van der Waals surface area contributed by atoms with E-state index in [9.17, 15) is 41.0 Å². The highest BCUT2D eigenvalue weighted by Gasteiger charge is 2.53. The molecule has 6 nitrogen and oxygen atoms in total. The van der Waals surface area contributed by atoms with Crippen LogP contribution in [0.3, 0.4) is 0 Å². The van der Waals surface area contributed by atoms with E-state index in [2.05, 4.69) is 10.6 Å². The zero-order valence-electron chi connectivity index (χ0n) is 23.6. The molecular weight excluding hydrogens is 610 g/mol. The number of rotatable bonds is 8. The Morgan fingerprint density at radius 1 is 0.909 bits per heavy atom. The van der Waals surface area contributed by atoms with Crippen LogP contribution in [0.1, 0.15) is 68.1 Å². The number of anilines is 1. The summed E-state index contributed by atoms with van der Waals surface area (Å²) in [6, 6.07) is 8.54. The number of fused-ring (bicyclic) bond motifs is 3. The molecule has 238 valence electrons. The molecule has 3 saturated carbocycles. The Kier molecular flexibility index (Phi) is 9.01. The summed E-state index contributed by atoms with van der Waals surface area (Å²) in [5, 5.41) is 15.6. The van der Waals surface area contributed by atoms with Crippen molar-refractivity contribution in [2.75, 3.05) is 18.5 Å². The molecule has 0 spiro atoms. The molecule has 1 heterocycles. The molecule has 0 atom stereocenters. The number of hydrogen-bond donors (Lipinski definition) is 3. The molecule has 1 amide bonds. The molecule has 44 heavy (non-hydrogen) atoms. The van der Waals surface area contributed by atoms with E-state index in [1.165, 1.54) is 6.07 Å². The van der Waals surface area contributed by atoms with Gasteiger partial charge in [-0.1, -0.05) is 23.9 Å². The van der Waals surface area contributed by atoms with Crippen molar-refractivity contribution >= 4 is 35.4 Å². The van der Waals surface area contributed by atoms with Crippen LogP contribution in [0.5, 0.6) is 0 Å². The fourth-order valence-corrected chi connectivity index (χ4v) is 7.47. The van der Waals surface area contributed by atoms with Crippen LogP contribution in [-0.2, 0) is 26.7 Å². The lowest BCUT2D eigenvalue weighted by atomic mass is 9.57. The van der Waals surface area contributed by atoms with Gasteiger partial charge in [0.2, 0.25) is 5.91 Å². The van der Waals surface area contributed by atoms with Gasteiger partial charge in [-0.25, -0.2) is 0 Å². The second-order valence-electron chi connectivity index (χ2n) is 11.7. The number of carboxylic acid groups (broad SMARTS) is 1. The summed E-state index contributed by atoms with van der Waals surface area (Å²) in [6.07, 6.45) is -5.31. The quantitative estimate of drug-likeness (QED) is 0.202. The first kappa shape index (κ1) is 32.2. The van der Waals surface area contributed by atoms with Gasteiger partial charge in [-0.3, -0.25) is 9.59 Å². The number of ether oxygens (including phenoxy) is 1. The zero-order chi connectivity index (χ0) is 31.8. The molecule has 13 heteroatoms. The van der Waals surface area contributed by atoms with Crippen LogP contribution in [0.15, 0.2) is 52.3 Å². The largest absolute Gasteiger partial charge is 0.481 e. The topological polar surface area (TPSA) is 87.7 Å². The van der Waals surface area contributed by atoms with Gasteiger partial charge < -0.3 is 20.5 Å². The minimum absolute atomic E-state index is 0.115. The van der Waals surface area contributed by atoms with Gasteiger partial charge in [-0.05, 0) is 87.3 Å². The summed E-state index contributed by atoms with van der Waals surface area (Å²) in [5.41, 5.74) is -5.33. The third-order valence-electron chi connectivity index (χ3n) is 8.92. The van der Waals surface area contributed by atoms with E-state index in [0.717, 1.165) is 37.1 Å². The highest BCUT2D eigenvalue weighted by atomic mass is 32.2. The Morgan fingerprint density at radius 3 is 2.14 bits per heavy atom. The molecule has 2 aromatic carbocycles. The Bertz CT molecular complexity index is 1410. The van der Waals surface area contributed by atoms with Crippen molar-refractivity contribution < 1.29 is 45.8 Å². The number of carboxylic acids is 1. The number of alkyl halides is 6. The lowest BCUT2D eigenvalue weighted by Crippen LogP contribution is -2.58. The lowest BCUT2D eigenvalue weighted by molar-refractivity contribution is -0.163. The molecule has 0 unspecified atom stereocenters. The number of aliphatic carboxylic acids is 1. The summed E-state index contributed by atoms with van der Waals surface area (Å²) >= 11 is 0.583. The molecule has 2 bridgehead atoms. The molecule has 0 radical (unpaired) electrons. The third-order valence-corrected chi connectivity index (χ3v) is 9.97. The van der Waals surface area contributed by atoms with Gasteiger partial charge in [0.15, 0.2) is 0 Å². The van der Waals surface area contributed by atoms with E-state index in [0.29, 0.717) is 74.1 Å². The second-order valence-corrected chi connectivity index (χ2v) is 12.9. The SMILES string of the molecule is O=C(/C=C/c1ccc(Sc2cccc(NC3CCOCC3)c2)c(C(F)(F)F)c1C(F)(F)F)NC12CCC(C(=O)O)(CC1)CC2. The Morgan fingerprint density at radius 2 is 1.55 bits per heavy atom. The van der Waals surface area contributed by atoms with Crippen LogP contribution in [0.4, 0.5) is 32.0 Å². The second kappa shape index (κ2) is 12.3. The normalized spacial score (nSPS) is 24.4. The van der Waals surface area contributed by atoms with Crippen LogP contribution in [0, 0.1) is 5.41 Å². The van der Waals surface area contributed by atoms with Crippen molar-refractivity contribution in [3.8, 4) is 0 Å². The summed E-state index contributed by atoms with van der Waals surface area (Å²) in [6.45, 7) is 1.16. The average Bonchev–Trinajstić information content (AvgIpc) is 2.96. The fourth-order valence-electron chi connectivity index (χ4n) is 6.43. The monoisotopic (exact) mass is 642 g/mol. The Hall–Kier alpha value is -3.19. The van der Waals surface area contributed by atoms with Gasteiger partial charge in [0, 0.05) is 46.3 Å². The molecule has 2 aromatic rings. The number of amides is 1. The van der Waals surface area contributed by atoms with Gasteiger partial charge in [-0.2, -0.15) is 26.3 Å². The number of carbonyl (C=O) groups is 2. The standard InChI is InChI=1S/C31H32F6N2O4S/c32-30(33,34)25-19(5-7-24(40)39-29-13-10-28(11-14-29,12-15-29)27(41)42)4-6-23(26(25)31(35,36)37)44-22-3-1-2-21(18-22)38-20-8-16-43-17-9-20/h1-7,18,20,38H,8-17H2,(H,39,40)(H,41,42)/b7-5+. The number of hydrogen-bond acceptors (Lipinski definition) is 5. The maximum atomic E-state index is 14.3. The first-order valence-electron chi connectivity index (χ1n) is 14.4. The molecule has 4 aliphatic rings. The number of nitrogens with one attached hydrogen (secondary N) is 2. The van der Waals surface area contributed by atoms with Gasteiger partial charge in [0.1, 0.15) is 0 Å². The molecule has 1 saturated heterocycles. The smallest absolute Gasteiger partial charge is 0.418 e. The van der Waals surface area contributed by atoms with E-state index in [1.807, 2.05) is 0 Å². The van der Waals surface area contributed by atoms with E-state index >= 15 is 0 Å². The van der Waals surface area contributed by atoms with Crippen LogP contribution >= 0.6 is 11.8 Å². The van der Waals surface area contributed by atoms with Crippen molar-refractivity contribution in [3.05, 3.63) is 59.2 Å². The van der Waals surface area contributed by atoms with Crippen molar-refractivity contribution in [1.29, 1.82) is 0 Å². The summed E-state index contributed by atoms with van der Waals surface area (Å²) in [5.74, 6) is -1.62. The van der Waals surface area contributed by atoms with E-state index < -0.39 is 56.8 Å². The molecule has 0 aromatic heterocycles. The first-order chi connectivity index (χ1) is 20.7. The first-order valence-corrected chi connectivity index (χ1v) is 15.2. The van der Waals surface area contributed by atoms with Gasteiger partial charge in [0.05, 0.1) is 16.5 Å². The van der Waals surface area contributed by atoms with Crippen molar-refractivity contribution in [3.63, 3.8) is 0 Å². The average molecular weight is 643 g/mol. The highest BCUT2D eigenvalue weighted by Crippen LogP contribution is 2.52. The summed E-state index contributed by atoms with van der Waals surface area (Å²) in [7, 11) is 0. The predicted molar refractivity (Wildman–Crippen MR) is 152 cm³/mol. The third kappa shape index (κ3) is 7.03. The minimum atomic E-state index is -5.37.